The molecule has 0 saturated heterocycles. The van der Waals surface area contributed by atoms with Crippen LogP contribution in [0.4, 0.5) is 0 Å². The normalized spacial score (nSPS) is 11.1. The van der Waals surface area contributed by atoms with Crippen LogP contribution in [0, 0.1) is 31.6 Å². The van der Waals surface area contributed by atoms with Gasteiger partial charge in [-0.15, -0.1) is 12.8 Å². The zero-order chi connectivity index (χ0) is 16.2. The van der Waals surface area contributed by atoms with E-state index in [-0.39, 0.29) is 18.0 Å². The fraction of sp³-hybridized carbons (Fsp3) is 0.176. The number of aryl methyl sites for hydroxylation is 1. The Labute approximate surface area is 130 Å². The molecule has 0 spiro atoms. The van der Waals surface area contributed by atoms with Gasteiger partial charge in [0.25, 0.3) is 0 Å². The van der Waals surface area contributed by atoms with Crippen LogP contribution in [-0.4, -0.2) is 19.3 Å². The summed E-state index contributed by atoms with van der Waals surface area (Å²) < 4.78 is 31.9. The van der Waals surface area contributed by atoms with Crippen LogP contribution in [0.2, 0.25) is 0 Å². The van der Waals surface area contributed by atoms with Crippen LogP contribution in [0.3, 0.4) is 0 Å². The number of furan rings is 1. The number of nitrogens with zero attached hydrogens (tertiary/aromatic N) is 1. The molecule has 0 bridgehead atoms. The van der Waals surface area contributed by atoms with E-state index in [1.54, 1.807) is 36.4 Å². The molecule has 0 aliphatic carbocycles. The van der Waals surface area contributed by atoms with Crippen LogP contribution in [-0.2, 0) is 16.6 Å². The molecule has 2 aromatic rings. The standard InChI is InChI=1S/C17H15NO3S/c1-4-12-18(13-16-9-8-15(5-2)21-16)22(19,20)17-10-6-14(3)7-11-17/h1-2,6-11H,12-13H2,3H3. The monoisotopic (exact) mass is 313 g/mol. The van der Waals surface area contributed by atoms with Gasteiger partial charge in [0, 0.05) is 0 Å². The maximum atomic E-state index is 12.7. The van der Waals surface area contributed by atoms with Crippen LogP contribution < -0.4 is 0 Å². The molecule has 1 aromatic carbocycles. The van der Waals surface area contributed by atoms with E-state index in [4.69, 9.17) is 17.3 Å². The molecule has 112 valence electrons. The van der Waals surface area contributed by atoms with Gasteiger partial charge in [0.1, 0.15) is 5.76 Å². The first-order valence-electron chi connectivity index (χ1n) is 6.53. The van der Waals surface area contributed by atoms with Gasteiger partial charge in [-0.3, -0.25) is 0 Å². The van der Waals surface area contributed by atoms with E-state index in [1.165, 1.54) is 4.31 Å². The molecular formula is C17H15NO3S. The maximum Gasteiger partial charge on any atom is 0.244 e. The summed E-state index contributed by atoms with van der Waals surface area (Å²) in [6.07, 6.45) is 10.5. The Hall–Kier alpha value is -2.47. The van der Waals surface area contributed by atoms with Crippen LogP contribution in [0.15, 0.2) is 45.7 Å². The molecule has 0 aliphatic heterocycles. The lowest BCUT2D eigenvalue weighted by atomic mass is 10.2. The van der Waals surface area contributed by atoms with Crippen molar-refractivity contribution in [3.05, 3.63) is 53.5 Å². The average Bonchev–Trinajstić information content (AvgIpc) is 2.95. The second kappa shape index (κ2) is 6.53. The second-order valence-electron chi connectivity index (χ2n) is 4.70. The summed E-state index contributed by atoms with van der Waals surface area (Å²) in [7, 11) is -3.70. The van der Waals surface area contributed by atoms with Gasteiger partial charge in [0.05, 0.1) is 18.0 Å². The van der Waals surface area contributed by atoms with Gasteiger partial charge < -0.3 is 4.42 Å². The molecule has 5 heteroatoms. The third-order valence-electron chi connectivity index (χ3n) is 3.06. The summed E-state index contributed by atoms with van der Waals surface area (Å²) in [4.78, 5) is 0.192. The van der Waals surface area contributed by atoms with Crippen molar-refractivity contribution in [2.75, 3.05) is 6.54 Å². The summed E-state index contributed by atoms with van der Waals surface area (Å²) >= 11 is 0. The highest BCUT2D eigenvalue weighted by molar-refractivity contribution is 7.89. The molecule has 4 nitrogen and oxygen atoms in total. The summed E-state index contributed by atoms with van der Waals surface area (Å²) in [5, 5.41) is 0. The van der Waals surface area contributed by atoms with Gasteiger partial charge in [-0.2, -0.15) is 4.31 Å². The van der Waals surface area contributed by atoms with E-state index in [9.17, 15) is 8.42 Å². The molecule has 2 rings (SSSR count). The summed E-state index contributed by atoms with van der Waals surface area (Å²) in [6, 6.07) is 9.85. The van der Waals surface area contributed by atoms with Gasteiger partial charge in [-0.1, -0.05) is 23.6 Å². The molecule has 0 fully saturated rings. The lowest BCUT2D eigenvalue weighted by Crippen LogP contribution is -2.30. The smallest absolute Gasteiger partial charge is 0.244 e. The minimum absolute atomic E-state index is 0.0299. The molecule has 1 heterocycles. The Kier molecular flexibility index (Phi) is 4.72. The highest BCUT2D eigenvalue weighted by Crippen LogP contribution is 2.19. The number of benzene rings is 1. The predicted octanol–water partition coefficient (Wildman–Crippen LogP) is 2.39. The molecule has 0 atom stereocenters. The van der Waals surface area contributed by atoms with Crippen molar-refractivity contribution in [1.82, 2.24) is 4.31 Å². The second-order valence-corrected chi connectivity index (χ2v) is 6.64. The number of sulfonamides is 1. The number of rotatable bonds is 5. The number of hydrogen-bond donors (Lipinski definition) is 0. The number of hydrogen-bond acceptors (Lipinski definition) is 3. The van der Waals surface area contributed by atoms with Crippen molar-refractivity contribution in [3.63, 3.8) is 0 Å². The zero-order valence-corrected chi connectivity index (χ0v) is 12.9. The Bertz CT molecular complexity index is 833. The molecule has 1 aromatic heterocycles. The van der Waals surface area contributed by atoms with Crippen LogP contribution in [0.5, 0.6) is 0 Å². The number of terminal acetylenes is 2. The van der Waals surface area contributed by atoms with Gasteiger partial charge in [-0.25, -0.2) is 8.42 Å². The molecule has 0 N–H and O–H groups in total. The van der Waals surface area contributed by atoms with Crippen LogP contribution in [0.1, 0.15) is 17.1 Å². The van der Waals surface area contributed by atoms with Gasteiger partial charge in [0.15, 0.2) is 5.76 Å². The Morgan fingerprint density at radius 2 is 1.82 bits per heavy atom. The van der Waals surface area contributed by atoms with Crippen molar-refractivity contribution in [1.29, 1.82) is 0 Å². The largest absolute Gasteiger partial charge is 0.451 e. The van der Waals surface area contributed by atoms with Crippen molar-refractivity contribution < 1.29 is 12.8 Å². The quantitative estimate of drug-likeness (QED) is 0.797. The summed E-state index contributed by atoms with van der Waals surface area (Å²) in [6.45, 7) is 1.87. The Balaban J connectivity index is 2.32. The van der Waals surface area contributed by atoms with Gasteiger partial charge in [0.2, 0.25) is 10.0 Å². The van der Waals surface area contributed by atoms with E-state index in [1.807, 2.05) is 6.92 Å². The lowest BCUT2D eigenvalue weighted by molar-refractivity contribution is 0.386. The van der Waals surface area contributed by atoms with Crippen molar-refractivity contribution in [3.8, 4) is 24.7 Å². The topological polar surface area (TPSA) is 50.5 Å². The van der Waals surface area contributed by atoms with Crippen LogP contribution in [0.25, 0.3) is 0 Å². The van der Waals surface area contributed by atoms with Crippen LogP contribution >= 0.6 is 0 Å². The SMILES string of the molecule is C#CCN(Cc1ccc(C#C)o1)S(=O)(=O)c1ccc(C)cc1. The summed E-state index contributed by atoms with van der Waals surface area (Å²) in [5.41, 5.74) is 0.979. The first kappa shape index (κ1) is 15.9. The molecular weight excluding hydrogens is 298 g/mol. The Morgan fingerprint density at radius 1 is 1.14 bits per heavy atom. The fourth-order valence-electron chi connectivity index (χ4n) is 1.90. The fourth-order valence-corrected chi connectivity index (χ4v) is 3.22. The molecule has 0 amide bonds. The van der Waals surface area contributed by atoms with E-state index in [0.717, 1.165) is 5.56 Å². The molecule has 0 aliphatic rings. The van der Waals surface area contributed by atoms with E-state index >= 15 is 0 Å². The average molecular weight is 313 g/mol. The van der Waals surface area contributed by atoms with E-state index < -0.39 is 10.0 Å². The first-order chi connectivity index (χ1) is 10.5. The highest BCUT2D eigenvalue weighted by atomic mass is 32.2. The van der Waals surface area contributed by atoms with Crippen molar-refractivity contribution in [2.24, 2.45) is 0 Å². The minimum Gasteiger partial charge on any atom is -0.451 e. The van der Waals surface area contributed by atoms with Crippen molar-refractivity contribution in [2.45, 2.75) is 18.4 Å². The zero-order valence-electron chi connectivity index (χ0n) is 12.1. The van der Waals surface area contributed by atoms with Crippen molar-refractivity contribution >= 4 is 10.0 Å². The maximum absolute atomic E-state index is 12.7. The molecule has 0 unspecified atom stereocenters. The van der Waals surface area contributed by atoms with E-state index in [2.05, 4.69) is 11.8 Å². The van der Waals surface area contributed by atoms with Gasteiger partial charge in [-0.05, 0) is 37.1 Å². The third kappa shape index (κ3) is 3.40. The lowest BCUT2D eigenvalue weighted by Gasteiger charge is -2.18. The molecule has 0 saturated carbocycles. The van der Waals surface area contributed by atoms with Gasteiger partial charge >= 0.3 is 0 Å². The summed E-state index contributed by atoms with van der Waals surface area (Å²) in [5.74, 6) is 5.51. The third-order valence-corrected chi connectivity index (χ3v) is 4.87. The minimum atomic E-state index is -3.70. The predicted molar refractivity (Wildman–Crippen MR) is 84.3 cm³/mol. The molecule has 0 radical (unpaired) electrons. The highest BCUT2D eigenvalue weighted by Gasteiger charge is 2.24. The Morgan fingerprint density at radius 3 is 2.36 bits per heavy atom. The van der Waals surface area contributed by atoms with E-state index in [0.29, 0.717) is 11.5 Å². The molecule has 22 heavy (non-hydrogen) atoms. The first-order valence-corrected chi connectivity index (χ1v) is 7.97.